The van der Waals surface area contributed by atoms with Crippen LogP contribution in [0.5, 0.6) is 0 Å². The topological polar surface area (TPSA) is 42.4 Å². The zero-order valence-electron chi connectivity index (χ0n) is 14.0. The van der Waals surface area contributed by atoms with Gasteiger partial charge in [0.15, 0.2) is 0 Å². The summed E-state index contributed by atoms with van der Waals surface area (Å²) in [5, 5.41) is 0. The van der Waals surface area contributed by atoms with Crippen molar-refractivity contribution in [3.8, 4) is 11.1 Å². The van der Waals surface area contributed by atoms with Gasteiger partial charge in [0.05, 0.1) is 24.3 Å². The third-order valence-electron chi connectivity index (χ3n) is 5.16. The normalized spacial score (nSPS) is 23.2. The number of carbonyl (C=O) groups excluding carboxylic acids is 1. The van der Waals surface area contributed by atoms with E-state index in [9.17, 15) is 9.18 Å². The van der Waals surface area contributed by atoms with Gasteiger partial charge in [-0.1, -0.05) is 25.0 Å². The standard InChI is InChI=1S/C20H21FN2O2/c21-17-7-5-14(6-8-17)15-11-16(13-22-12-15)20(24)23-9-10-25-19-4-2-1-3-18(19)23/h5-8,11-13,18-19H,1-4,9-10H2. The van der Waals surface area contributed by atoms with Gasteiger partial charge in [-0.15, -0.1) is 0 Å². The van der Waals surface area contributed by atoms with Crippen LogP contribution in [0.4, 0.5) is 4.39 Å². The highest BCUT2D eigenvalue weighted by Gasteiger charge is 2.37. The van der Waals surface area contributed by atoms with E-state index in [1.54, 1.807) is 24.5 Å². The van der Waals surface area contributed by atoms with Crippen LogP contribution in [0.25, 0.3) is 11.1 Å². The first-order valence-corrected chi connectivity index (χ1v) is 8.86. The van der Waals surface area contributed by atoms with Gasteiger partial charge in [0.1, 0.15) is 5.82 Å². The molecule has 130 valence electrons. The molecular formula is C20H21FN2O2. The van der Waals surface area contributed by atoms with Gasteiger partial charge >= 0.3 is 0 Å². The summed E-state index contributed by atoms with van der Waals surface area (Å²) in [7, 11) is 0. The fourth-order valence-electron chi connectivity index (χ4n) is 3.87. The molecule has 2 heterocycles. The number of halogens is 1. The number of benzene rings is 1. The Bertz CT molecular complexity index is 761. The van der Waals surface area contributed by atoms with Crippen molar-refractivity contribution in [1.82, 2.24) is 9.88 Å². The minimum absolute atomic E-state index is 0.0108. The number of hydrogen-bond acceptors (Lipinski definition) is 3. The maximum atomic E-state index is 13.1. The monoisotopic (exact) mass is 340 g/mol. The zero-order valence-corrected chi connectivity index (χ0v) is 14.0. The van der Waals surface area contributed by atoms with E-state index in [1.165, 1.54) is 18.6 Å². The van der Waals surface area contributed by atoms with Crippen LogP contribution in [0.15, 0.2) is 42.7 Å². The predicted octanol–water partition coefficient (Wildman–Crippen LogP) is 3.67. The van der Waals surface area contributed by atoms with Crippen LogP contribution in [0.3, 0.4) is 0 Å². The van der Waals surface area contributed by atoms with Crippen molar-refractivity contribution in [1.29, 1.82) is 0 Å². The zero-order chi connectivity index (χ0) is 17.2. The molecular weight excluding hydrogens is 319 g/mol. The van der Waals surface area contributed by atoms with Crippen LogP contribution in [0.2, 0.25) is 0 Å². The Morgan fingerprint density at radius 2 is 1.92 bits per heavy atom. The van der Waals surface area contributed by atoms with Crippen molar-refractivity contribution in [2.24, 2.45) is 0 Å². The number of rotatable bonds is 2. The second-order valence-electron chi connectivity index (χ2n) is 6.73. The molecule has 4 nitrogen and oxygen atoms in total. The van der Waals surface area contributed by atoms with Gasteiger partial charge < -0.3 is 9.64 Å². The van der Waals surface area contributed by atoms with Gasteiger partial charge in [0.25, 0.3) is 5.91 Å². The predicted molar refractivity (Wildman–Crippen MR) is 92.7 cm³/mol. The van der Waals surface area contributed by atoms with Crippen LogP contribution < -0.4 is 0 Å². The molecule has 25 heavy (non-hydrogen) atoms. The van der Waals surface area contributed by atoms with Gasteiger partial charge in [-0.05, 0) is 36.6 Å². The van der Waals surface area contributed by atoms with E-state index in [4.69, 9.17) is 4.74 Å². The number of ether oxygens (including phenoxy) is 1. The van der Waals surface area contributed by atoms with Crippen molar-refractivity contribution in [3.63, 3.8) is 0 Å². The highest BCUT2D eigenvalue weighted by Crippen LogP contribution is 2.30. The fraction of sp³-hybridized carbons (Fsp3) is 0.400. The van der Waals surface area contributed by atoms with E-state index in [0.717, 1.165) is 30.4 Å². The summed E-state index contributed by atoms with van der Waals surface area (Å²) in [6.45, 7) is 1.22. The summed E-state index contributed by atoms with van der Waals surface area (Å²) in [6.07, 6.45) is 7.83. The minimum atomic E-state index is -0.277. The summed E-state index contributed by atoms with van der Waals surface area (Å²) < 4.78 is 19.0. The first kappa shape index (κ1) is 16.2. The van der Waals surface area contributed by atoms with E-state index in [0.29, 0.717) is 18.7 Å². The summed E-state index contributed by atoms with van der Waals surface area (Å²) in [6, 6.07) is 8.25. The average Bonchev–Trinajstić information content (AvgIpc) is 2.68. The lowest BCUT2D eigenvalue weighted by atomic mass is 9.89. The molecule has 0 bridgehead atoms. The average molecular weight is 340 g/mol. The number of nitrogens with zero attached hydrogens (tertiary/aromatic N) is 2. The van der Waals surface area contributed by atoms with Crippen LogP contribution in [-0.2, 0) is 4.74 Å². The van der Waals surface area contributed by atoms with Crippen molar-refractivity contribution in [2.45, 2.75) is 37.8 Å². The molecule has 1 aliphatic carbocycles. The third kappa shape index (κ3) is 3.29. The second-order valence-corrected chi connectivity index (χ2v) is 6.73. The quantitative estimate of drug-likeness (QED) is 0.838. The Morgan fingerprint density at radius 1 is 1.12 bits per heavy atom. The molecule has 0 N–H and O–H groups in total. The molecule has 0 spiro atoms. The van der Waals surface area contributed by atoms with Gasteiger partial charge in [0, 0.05) is 24.5 Å². The smallest absolute Gasteiger partial charge is 0.255 e. The van der Waals surface area contributed by atoms with Gasteiger partial charge in [0.2, 0.25) is 0 Å². The molecule has 1 saturated carbocycles. The van der Waals surface area contributed by atoms with Crippen LogP contribution in [0, 0.1) is 5.82 Å². The van der Waals surface area contributed by atoms with E-state index in [-0.39, 0.29) is 23.9 Å². The molecule has 1 amide bonds. The van der Waals surface area contributed by atoms with Crippen molar-refractivity contribution >= 4 is 5.91 Å². The highest BCUT2D eigenvalue weighted by molar-refractivity contribution is 5.95. The third-order valence-corrected chi connectivity index (χ3v) is 5.16. The van der Waals surface area contributed by atoms with Gasteiger partial charge in [-0.2, -0.15) is 0 Å². The van der Waals surface area contributed by atoms with E-state index in [1.807, 2.05) is 11.0 Å². The number of pyridine rings is 1. The molecule has 1 aromatic heterocycles. The van der Waals surface area contributed by atoms with Crippen LogP contribution in [-0.4, -0.2) is 41.1 Å². The van der Waals surface area contributed by atoms with E-state index >= 15 is 0 Å². The van der Waals surface area contributed by atoms with Gasteiger partial charge in [-0.3, -0.25) is 9.78 Å². The Morgan fingerprint density at radius 3 is 2.76 bits per heavy atom. The Labute approximate surface area is 146 Å². The summed E-state index contributed by atoms with van der Waals surface area (Å²) in [4.78, 5) is 19.3. The molecule has 0 radical (unpaired) electrons. The lowest BCUT2D eigenvalue weighted by molar-refractivity contribution is -0.0752. The maximum absolute atomic E-state index is 13.1. The maximum Gasteiger partial charge on any atom is 0.255 e. The minimum Gasteiger partial charge on any atom is -0.374 e. The van der Waals surface area contributed by atoms with Crippen molar-refractivity contribution in [3.05, 3.63) is 54.1 Å². The second kappa shape index (κ2) is 6.92. The molecule has 2 unspecified atom stereocenters. The lowest BCUT2D eigenvalue weighted by Gasteiger charge is -2.43. The van der Waals surface area contributed by atoms with Crippen LogP contribution in [0.1, 0.15) is 36.0 Å². The molecule has 1 saturated heterocycles. The number of fused-ring (bicyclic) bond motifs is 1. The summed E-state index contributed by atoms with van der Waals surface area (Å²) >= 11 is 0. The number of carbonyl (C=O) groups is 1. The number of morpholine rings is 1. The number of aromatic nitrogens is 1. The first-order chi connectivity index (χ1) is 12.2. The molecule has 1 aliphatic heterocycles. The molecule has 5 heteroatoms. The Hall–Kier alpha value is -2.27. The molecule has 4 rings (SSSR count). The first-order valence-electron chi connectivity index (χ1n) is 8.86. The van der Waals surface area contributed by atoms with Crippen molar-refractivity contribution < 1.29 is 13.9 Å². The van der Waals surface area contributed by atoms with Crippen molar-refractivity contribution in [2.75, 3.05) is 13.2 Å². The number of hydrogen-bond donors (Lipinski definition) is 0. The summed E-state index contributed by atoms with van der Waals surface area (Å²) in [5.41, 5.74) is 2.24. The SMILES string of the molecule is O=C(c1cncc(-c2ccc(F)cc2)c1)N1CCOC2CCCCC21. The summed E-state index contributed by atoms with van der Waals surface area (Å²) in [5.74, 6) is -0.266. The molecule has 2 atom stereocenters. The molecule has 1 aromatic carbocycles. The molecule has 2 aliphatic rings. The largest absolute Gasteiger partial charge is 0.374 e. The number of amides is 1. The fourth-order valence-corrected chi connectivity index (χ4v) is 3.87. The van der Waals surface area contributed by atoms with E-state index in [2.05, 4.69) is 4.98 Å². The molecule has 2 aromatic rings. The van der Waals surface area contributed by atoms with E-state index < -0.39 is 0 Å². The Kier molecular flexibility index (Phi) is 4.49. The molecule has 2 fully saturated rings. The lowest BCUT2D eigenvalue weighted by Crippen LogP contribution is -2.54. The van der Waals surface area contributed by atoms with Crippen LogP contribution >= 0.6 is 0 Å². The van der Waals surface area contributed by atoms with Gasteiger partial charge in [-0.25, -0.2) is 4.39 Å². The highest BCUT2D eigenvalue weighted by atomic mass is 19.1. The Balaban J connectivity index is 1.59.